The Bertz CT molecular complexity index is 1500. The smallest absolute Gasteiger partial charge is 0.241 e. The predicted octanol–water partition coefficient (Wildman–Crippen LogP) is 6.95. The van der Waals surface area contributed by atoms with Crippen molar-refractivity contribution in [2.75, 3.05) is 0 Å². The van der Waals surface area contributed by atoms with E-state index >= 15 is 0 Å². The van der Waals surface area contributed by atoms with Crippen LogP contribution in [0.3, 0.4) is 0 Å². The fourth-order valence-electron chi connectivity index (χ4n) is 3.82. The van der Waals surface area contributed by atoms with Gasteiger partial charge in [-0.1, -0.05) is 36.4 Å². The van der Waals surface area contributed by atoms with Crippen molar-refractivity contribution in [1.82, 2.24) is 0 Å². The maximum Gasteiger partial charge on any atom is 0.241 e. The molecule has 0 aliphatic heterocycles. The van der Waals surface area contributed by atoms with Gasteiger partial charge in [-0.05, 0) is 85.3 Å². The van der Waals surface area contributed by atoms with Crippen molar-refractivity contribution in [2.24, 2.45) is 0 Å². The third-order valence-corrected chi connectivity index (χ3v) is 9.07. The third kappa shape index (κ3) is 1.96. The van der Waals surface area contributed by atoms with Crippen molar-refractivity contribution in [3.63, 3.8) is 0 Å². The minimum absolute atomic E-state index is 0.286. The van der Waals surface area contributed by atoms with E-state index in [1.807, 2.05) is 30.3 Å². The minimum Gasteiger partial charge on any atom is -0.285 e. The second kappa shape index (κ2) is 5.71. The number of halogens is 4. The first-order chi connectivity index (χ1) is 12.4. The van der Waals surface area contributed by atoms with Crippen molar-refractivity contribution in [2.45, 2.75) is 0 Å². The lowest BCUT2D eigenvalue weighted by molar-refractivity contribution is 1.51. The van der Waals surface area contributed by atoms with E-state index < -0.39 is 10.9 Å². The second-order valence-electron chi connectivity index (χ2n) is 6.12. The molecule has 0 heterocycles. The zero-order valence-corrected chi connectivity index (χ0v) is 19.1. The van der Waals surface area contributed by atoms with Crippen LogP contribution in [0.5, 0.6) is 0 Å². The summed E-state index contributed by atoms with van der Waals surface area (Å²) in [5, 5.41) is 6.79. The van der Waals surface area contributed by atoms with Crippen LogP contribution in [0.2, 0.25) is 0 Å². The molecule has 0 amide bonds. The van der Waals surface area contributed by atoms with Crippen LogP contribution >= 0.6 is 63.7 Å². The van der Waals surface area contributed by atoms with Gasteiger partial charge in [0, 0.05) is 35.0 Å². The van der Waals surface area contributed by atoms with Gasteiger partial charge >= 0.3 is 0 Å². The lowest BCUT2D eigenvalue weighted by Crippen LogP contribution is -2.25. The summed E-state index contributed by atoms with van der Waals surface area (Å²) in [7, 11) is 0. The second-order valence-corrected chi connectivity index (χ2v) is 9.30. The van der Waals surface area contributed by atoms with Crippen LogP contribution < -0.4 is 10.9 Å². The fourth-order valence-corrected chi connectivity index (χ4v) is 6.53. The van der Waals surface area contributed by atoms with Gasteiger partial charge in [0.25, 0.3) is 0 Å². The molecule has 5 aromatic rings. The average molecular weight is 598 g/mol. The maximum absolute atomic E-state index is 13.0. The van der Waals surface area contributed by atoms with Crippen LogP contribution in [0.1, 0.15) is 0 Å². The minimum atomic E-state index is -0.523. The van der Waals surface area contributed by atoms with Gasteiger partial charge in [0.15, 0.2) is 0 Å². The Kier molecular flexibility index (Phi) is 3.74. The van der Waals surface area contributed by atoms with E-state index in [0.29, 0.717) is 10.8 Å². The summed E-state index contributed by atoms with van der Waals surface area (Å²) in [6.45, 7) is 0. The normalized spacial score (nSPS) is 12.2. The number of hydrogen-bond donors (Lipinski definition) is 0. The highest BCUT2D eigenvalue weighted by molar-refractivity contribution is 9.14. The summed E-state index contributed by atoms with van der Waals surface area (Å²) >= 11 is 14.3. The van der Waals surface area contributed by atoms with Crippen LogP contribution in [0.15, 0.2) is 63.9 Å². The van der Waals surface area contributed by atoms with Crippen molar-refractivity contribution >= 4 is 107 Å². The van der Waals surface area contributed by atoms with E-state index in [4.69, 9.17) is 0 Å². The van der Waals surface area contributed by atoms with Crippen LogP contribution in [0.4, 0.5) is 0 Å². The van der Waals surface area contributed by atoms with Gasteiger partial charge in [0.05, 0.1) is 4.47 Å². The summed E-state index contributed by atoms with van der Waals surface area (Å²) in [5.74, 6) is 0. The summed E-state index contributed by atoms with van der Waals surface area (Å²) in [4.78, 5) is 25.7. The van der Waals surface area contributed by atoms with E-state index in [2.05, 4.69) is 69.8 Å². The fraction of sp³-hybridized carbons (Fsp3) is 0. The molecule has 0 aromatic heterocycles. The Morgan fingerprint density at radius 1 is 0.500 bits per heavy atom. The Balaban J connectivity index is 2.41. The first-order valence-electron chi connectivity index (χ1n) is 7.65. The topological polar surface area (TPSA) is 34.1 Å². The van der Waals surface area contributed by atoms with Crippen LogP contribution in [-0.4, -0.2) is 0 Å². The van der Waals surface area contributed by atoms with Gasteiger partial charge in [-0.3, -0.25) is 9.59 Å². The molecule has 0 saturated heterocycles. The van der Waals surface area contributed by atoms with E-state index in [9.17, 15) is 9.59 Å². The van der Waals surface area contributed by atoms with Gasteiger partial charge in [-0.2, -0.15) is 0 Å². The molecule has 126 valence electrons. The first-order valence-corrected chi connectivity index (χ1v) is 10.8. The van der Waals surface area contributed by atoms with Gasteiger partial charge in [-0.15, -0.1) is 0 Å². The largest absolute Gasteiger partial charge is 0.285 e. The first kappa shape index (κ1) is 17.0. The molecule has 2 nitrogen and oxygen atoms in total. The van der Waals surface area contributed by atoms with Crippen LogP contribution in [0.25, 0.3) is 43.1 Å². The summed E-state index contributed by atoms with van der Waals surface area (Å²) in [5.41, 5.74) is -1.00. The van der Waals surface area contributed by atoms with E-state index in [1.165, 1.54) is 0 Å². The summed E-state index contributed by atoms with van der Waals surface area (Å²) in [6, 6.07) is 11.9. The van der Waals surface area contributed by atoms with E-state index in [0.717, 1.165) is 45.7 Å². The highest BCUT2D eigenvalue weighted by Crippen LogP contribution is 2.49. The molecule has 0 unspecified atom stereocenters. The summed E-state index contributed by atoms with van der Waals surface area (Å²) in [6.07, 6.45) is 0. The SMILES string of the molecule is O=c1c(Br)c2c(Br)c(Br)c(Br)c3c4cccc5cccc(c(c1=O)c23)c54. The molecule has 0 bridgehead atoms. The molecule has 6 heteroatoms. The number of rotatable bonds is 0. The quantitative estimate of drug-likeness (QED) is 0.0839. The Morgan fingerprint density at radius 2 is 1.08 bits per heavy atom. The average Bonchev–Trinajstić information content (AvgIpc) is 2.64. The lowest BCUT2D eigenvalue weighted by Gasteiger charge is -2.17. The number of fused-ring (bicyclic) bond motifs is 2. The zero-order chi connectivity index (χ0) is 18.3. The Morgan fingerprint density at radius 3 is 1.73 bits per heavy atom. The molecule has 5 rings (SSSR count). The molecule has 5 aromatic carbocycles. The Hall–Kier alpha value is -1.08. The van der Waals surface area contributed by atoms with Crippen molar-refractivity contribution in [3.05, 3.63) is 74.7 Å². The van der Waals surface area contributed by atoms with E-state index in [-0.39, 0.29) is 4.47 Å². The Labute approximate surface area is 180 Å². The molecular formula is C20H6Br4O2. The lowest BCUT2D eigenvalue weighted by atomic mass is 9.89. The van der Waals surface area contributed by atoms with Gasteiger partial charge in [0.2, 0.25) is 10.9 Å². The standard InChI is InChI=1S/C20H6Br4O2/c21-15-11-8-5-1-3-7-4-2-6-9(10(7)8)12-13(11)14(16(22)18(15)24)17(23)20(26)19(12)25/h1-6H. The number of benzene rings is 5. The molecule has 0 N–H and O–H groups in total. The molecule has 0 aliphatic carbocycles. The maximum atomic E-state index is 13.0. The van der Waals surface area contributed by atoms with Gasteiger partial charge < -0.3 is 0 Å². The molecule has 0 fully saturated rings. The predicted molar refractivity (Wildman–Crippen MR) is 122 cm³/mol. The van der Waals surface area contributed by atoms with Crippen molar-refractivity contribution in [1.29, 1.82) is 0 Å². The van der Waals surface area contributed by atoms with Gasteiger partial charge in [0.1, 0.15) is 0 Å². The monoisotopic (exact) mass is 594 g/mol. The highest BCUT2D eigenvalue weighted by Gasteiger charge is 2.24. The molecule has 0 aliphatic rings. The molecule has 0 radical (unpaired) electrons. The summed E-state index contributed by atoms with van der Waals surface area (Å²) < 4.78 is 2.68. The van der Waals surface area contributed by atoms with E-state index in [1.54, 1.807) is 0 Å². The third-order valence-electron chi connectivity index (χ3n) is 4.87. The zero-order valence-electron chi connectivity index (χ0n) is 12.8. The molecular weight excluding hydrogens is 592 g/mol. The molecule has 0 atom stereocenters. The molecule has 26 heavy (non-hydrogen) atoms. The van der Waals surface area contributed by atoms with Crippen LogP contribution in [0, 0.1) is 0 Å². The number of hydrogen-bond acceptors (Lipinski definition) is 2. The van der Waals surface area contributed by atoms with Crippen LogP contribution in [-0.2, 0) is 0 Å². The van der Waals surface area contributed by atoms with Crippen molar-refractivity contribution in [3.8, 4) is 0 Å². The molecule has 0 saturated carbocycles. The van der Waals surface area contributed by atoms with Crippen molar-refractivity contribution < 1.29 is 0 Å². The van der Waals surface area contributed by atoms with Gasteiger partial charge in [-0.25, -0.2) is 0 Å². The highest BCUT2D eigenvalue weighted by atomic mass is 79.9. The molecule has 0 spiro atoms.